The van der Waals surface area contributed by atoms with Crippen LogP contribution < -0.4 is 11.5 Å². The molecule has 0 atom stereocenters. The Morgan fingerprint density at radius 3 is 2.19 bits per heavy atom. The topological polar surface area (TPSA) is 77.8 Å². The Kier molecular flexibility index (Phi) is 2.66. The first-order chi connectivity index (χ1) is 7.59. The smallest absolute Gasteiger partial charge is 0.164 e. The number of nitrogens with zero attached hydrogens (tertiary/aromatic N) is 2. The van der Waals surface area contributed by atoms with Gasteiger partial charge in [0.1, 0.15) is 16.7 Å². The molecule has 4 N–H and O–H groups in total. The Hall–Kier alpha value is -1.81. The highest BCUT2D eigenvalue weighted by Crippen LogP contribution is 2.27. The third-order valence-electron chi connectivity index (χ3n) is 2.29. The fourth-order valence-electron chi connectivity index (χ4n) is 1.43. The van der Waals surface area contributed by atoms with E-state index in [1.165, 1.54) is 0 Å². The van der Waals surface area contributed by atoms with Gasteiger partial charge >= 0.3 is 0 Å². The van der Waals surface area contributed by atoms with Gasteiger partial charge in [0.05, 0.1) is 0 Å². The summed E-state index contributed by atoms with van der Waals surface area (Å²) < 4.78 is 0. The van der Waals surface area contributed by atoms with Crippen molar-refractivity contribution in [3.8, 4) is 11.4 Å². The van der Waals surface area contributed by atoms with Gasteiger partial charge in [-0.1, -0.05) is 35.9 Å². The molecule has 2 aromatic rings. The fourth-order valence-corrected chi connectivity index (χ4v) is 1.51. The van der Waals surface area contributed by atoms with E-state index in [9.17, 15) is 0 Å². The van der Waals surface area contributed by atoms with E-state index >= 15 is 0 Å². The monoisotopic (exact) mass is 234 g/mol. The molecule has 0 fully saturated rings. The van der Waals surface area contributed by atoms with Crippen molar-refractivity contribution < 1.29 is 0 Å². The Bertz CT molecular complexity index is 516. The standard InChI is InChI=1S/C11H11ClN4/c1-6-4-2-3-5-7(6)11-15-9(13)8(12)10(14)16-11/h2-5H,1H3,(H4,13,14,15,16). The van der Waals surface area contributed by atoms with Crippen molar-refractivity contribution in [3.05, 3.63) is 34.9 Å². The lowest BCUT2D eigenvalue weighted by Gasteiger charge is -2.07. The van der Waals surface area contributed by atoms with E-state index in [0.717, 1.165) is 11.1 Å². The van der Waals surface area contributed by atoms with Crippen molar-refractivity contribution in [2.45, 2.75) is 6.92 Å². The van der Waals surface area contributed by atoms with Gasteiger partial charge in [-0.15, -0.1) is 0 Å². The third kappa shape index (κ3) is 1.79. The molecule has 0 aliphatic carbocycles. The molecule has 0 aliphatic heterocycles. The van der Waals surface area contributed by atoms with Crippen LogP contribution in [0.4, 0.5) is 11.6 Å². The summed E-state index contributed by atoms with van der Waals surface area (Å²) in [6.45, 7) is 1.97. The number of halogens is 1. The fraction of sp³-hybridized carbons (Fsp3) is 0.0909. The van der Waals surface area contributed by atoms with Crippen LogP contribution in [0.15, 0.2) is 24.3 Å². The normalized spacial score (nSPS) is 10.4. The lowest BCUT2D eigenvalue weighted by molar-refractivity contribution is 1.18. The van der Waals surface area contributed by atoms with Crippen LogP contribution in [-0.2, 0) is 0 Å². The van der Waals surface area contributed by atoms with Crippen LogP contribution in [0.25, 0.3) is 11.4 Å². The number of rotatable bonds is 1. The van der Waals surface area contributed by atoms with Gasteiger partial charge in [0.2, 0.25) is 0 Å². The Morgan fingerprint density at radius 2 is 1.62 bits per heavy atom. The van der Waals surface area contributed by atoms with E-state index < -0.39 is 0 Å². The lowest BCUT2D eigenvalue weighted by atomic mass is 10.1. The molecule has 0 spiro atoms. The van der Waals surface area contributed by atoms with E-state index in [1.807, 2.05) is 31.2 Å². The molecular formula is C11H11ClN4. The molecule has 2 rings (SSSR count). The van der Waals surface area contributed by atoms with Gasteiger partial charge in [0.15, 0.2) is 5.82 Å². The predicted octanol–water partition coefficient (Wildman–Crippen LogP) is 2.27. The summed E-state index contributed by atoms with van der Waals surface area (Å²) in [7, 11) is 0. The second-order valence-corrected chi connectivity index (χ2v) is 3.82. The molecule has 0 saturated heterocycles. The average molecular weight is 235 g/mol. The van der Waals surface area contributed by atoms with Crippen LogP contribution >= 0.6 is 11.6 Å². The highest BCUT2D eigenvalue weighted by Gasteiger charge is 2.10. The van der Waals surface area contributed by atoms with E-state index in [-0.39, 0.29) is 16.7 Å². The summed E-state index contributed by atoms with van der Waals surface area (Å²) in [4.78, 5) is 8.24. The van der Waals surface area contributed by atoms with Gasteiger partial charge in [0.25, 0.3) is 0 Å². The Labute approximate surface area is 98.3 Å². The zero-order valence-corrected chi connectivity index (χ0v) is 9.49. The minimum absolute atomic E-state index is 0.201. The van der Waals surface area contributed by atoms with Crippen LogP contribution in [0.5, 0.6) is 0 Å². The van der Waals surface area contributed by atoms with Crippen molar-refractivity contribution in [1.82, 2.24) is 9.97 Å². The molecule has 0 bridgehead atoms. The SMILES string of the molecule is Cc1ccccc1-c1nc(N)c(Cl)c(N)n1. The number of hydrogen-bond donors (Lipinski definition) is 2. The van der Waals surface area contributed by atoms with Gasteiger partial charge in [-0.2, -0.15) is 0 Å². The molecule has 1 aromatic heterocycles. The number of nitrogen functional groups attached to an aromatic ring is 2. The minimum Gasteiger partial charge on any atom is -0.382 e. The van der Waals surface area contributed by atoms with E-state index in [0.29, 0.717) is 5.82 Å². The van der Waals surface area contributed by atoms with Crippen molar-refractivity contribution in [2.24, 2.45) is 0 Å². The van der Waals surface area contributed by atoms with Gasteiger partial charge in [-0.05, 0) is 12.5 Å². The van der Waals surface area contributed by atoms with Crippen molar-refractivity contribution in [2.75, 3.05) is 11.5 Å². The third-order valence-corrected chi connectivity index (χ3v) is 2.68. The first-order valence-electron chi connectivity index (χ1n) is 4.74. The first-order valence-corrected chi connectivity index (χ1v) is 5.12. The van der Waals surface area contributed by atoms with Crippen molar-refractivity contribution in [3.63, 3.8) is 0 Å². The van der Waals surface area contributed by atoms with Gasteiger partial charge in [-0.25, -0.2) is 9.97 Å². The average Bonchev–Trinajstić information content (AvgIpc) is 2.26. The molecule has 4 nitrogen and oxygen atoms in total. The molecule has 16 heavy (non-hydrogen) atoms. The van der Waals surface area contributed by atoms with E-state index in [1.54, 1.807) is 0 Å². The van der Waals surface area contributed by atoms with Crippen molar-refractivity contribution >= 4 is 23.2 Å². The van der Waals surface area contributed by atoms with Crippen LogP contribution in [-0.4, -0.2) is 9.97 Å². The van der Waals surface area contributed by atoms with Crippen LogP contribution in [0.2, 0.25) is 5.02 Å². The zero-order valence-electron chi connectivity index (χ0n) is 8.74. The highest BCUT2D eigenvalue weighted by atomic mass is 35.5. The number of hydrogen-bond acceptors (Lipinski definition) is 4. The number of anilines is 2. The Morgan fingerprint density at radius 1 is 1.06 bits per heavy atom. The summed E-state index contributed by atoms with van der Waals surface area (Å²) in [5, 5.41) is 0.206. The summed E-state index contributed by atoms with van der Waals surface area (Å²) in [5.41, 5.74) is 13.3. The lowest BCUT2D eigenvalue weighted by Crippen LogP contribution is -2.02. The second kappa shape index (κ2) is 3.98. The number of aromatic nitrogens is 2. The molecular weight excluding hydrogens is 224 g/mol. The molecule has 0 amide bonds. The molecule has 0 radical (unpaired) electrons. The van der Waals surface area contributed by atoms with Crippen molar-refractivity contribution in [1.29, 1.82) is 0 Å². The number of benzene rings is 1. The number of aryl methyl sites for hydroxylation is 1. The summed E-state index contributed by atoms with van der Waals surface area (Å²) in [6, 6.07) is 7.74. The van der Waals surface area contributed by atoms with E-state index in [4.69, 9.17) is 23.1 Å². The first kappa shape index (κ1) is 10.7. The zero-order chi connectivity index (χ0) is 11.7. The molecule has 0 aliphatic rings. The maximum atomic E-state index is 5.80. The predicted molar refractivity (Wildman–Crippen MR) is 66.0 cm³/mol. The summed E-state index contributed by atoms with van der Waals surface area (Å²) in [6.07, 6.45) is 0. The van der Waals surface area contributed by atoms with Gasteiger partial charge in [-0.3, -0.25) is 0 Å². The van der Waals surface area contributed by atoms with Crippen LogP contribution in [0, 0.1) is 6.92 Å². The molecule has 1 heterocycles. The highest BCUT2D eigenvalue weighted by molar-refractivity contribution is 6.35. The second-order valence-electron chi connectivity index (χ2n) is 3.45. The summed E-state index contributed by atoms with van der Waals surface area (Å²) in [5.74, 6) is 0.900. The van der Waals surface area contributed by atoms with E-state index in [2.05, 4.69) is 9.97 Å². The molecule has 0 unspecified atom stereocenters. The molecule has 1 aromatic carbocycles. The maximum absolute atomic E-state index is 5.80. The molecule has 0 saturated carbocycles. The summed E-state index contributed by atoms with van der Waals surface area (Å²) >= 11 is 5.80. The Balaban J connectivity index is 2.62. The molecule has 5 heteroatoms. The number of nitrogens with two attached hydrogens (primary N) is 2. The largest absolute Gasteiger partial charge is 0.382 e. The quantitative estimate of drug-likeness (QED) is 0.794. The van der Waals surface area contributed by atoms with Gasteiger partial charge < -0.3 is 11.5 Å². The van der Waals surface area contributed by atoms with Crippen LogP contribution in [0.3, 0.4) is 0 Å². The molecule has 82 valence electrons. The maximum Gasteiger partial charge on any atom is 0.164 e. The minimum atomic E-state index is 0.201. The van der Waals surface area contributed by atoms with Crippen LogP contribution in [0.1, 0.15) is 5.56 Å². The van der Waals surface area contributed by atoms with Gasteiger partial charge in [0, 0.05) is 5.56 Å².